The Kier molecular flexibility index (Phi) is 7.56. The number of amides is 1. The fourth-order valence-corrected chi connectivity index (χ4v) is 1.57. The zero-order valence-electron chi connectivity index (χ0n) is 7.88. The lowest BCUT2D eigenvalue weighted by molar-refractivity contribution is -0.118. The lowest BCUT2D eigenvalue weighted by atomic mass is 10.2. The summed E-state index contributed by atoms with van der Waals surface area (Å²) in [6, 6.07) is 0. The zero-order chi connectivity index (χ0) is 10.1. The predicted octanol–water partition coefficient (Wildman–Crippen LogP) is 0.0638. The van der Waals surface area contributed by atoms with Crippen molar-refractivity contribution in [3.05, 3.63) is 0 Å². The van der Waals surface area contributed by atoms with E-state index >= 15 is 0 Å². The van der Waals surface area contributed by atoms with Gasteiger partial charge in [-0.1, -0.05) is 12.8 Å². The van der Waals surface area contributed by atoms with E-state index in [0.29, 0.717) is 24.8 Å². The molecule has 1 amide bonds. The van der Waals surface area contributed by atoms with Crippen LogP contribution < -0.4 is 11.1 Å². The van der Waals surface area contributed by atoms with Crippen LogP contribution >= 0.6 is 11.8 Å². The fourth-order valence-electron chi connectivity index (χ4n) is 0.621. The molecule has 0 bridgehead atoms. The molecule has 0 aromatic carbocycles. The molecule has 0 rings (SSSR count). The lowest BCUT2D eigenvalue weighted by Crippen LogP contribution is -2.26. The van der Waals surface area contributed by atoms with Crippen molar-refractivity contribution in [3.63, 3.8) is 0 Å². The van der Waals surface area contributed by atoms with Crippen molar-refractivity contribution >= 4 is 17.7 Å². The van der Waals surface area contributed by atoms with Crippen LogP contribution in [0.5, 0.6) is 0 Å². The third-order valence-electron chi connectivity index (χ3n) is 1.43. The molecule has 0 aliphatic heterocycles. The Morgan fingerprint density at radius 1 is 1.77 bits per heavy atom. The summed E-state index contributed by atoms with van der Waals surface area (Å²) in [5.41, 5.74) is 5.43. The van der Waals surface area contributed by atoms with E-state index in [0.717, 1.165) is 5.75 Å². The van der Waals surface area contributed by atoms with Crippen molar-refractivity contribution in [1.82, 2.24) is 5.32 Å². The largest absolute Gasteiger partial charge is 0.344 e. The maximum absolute atomic E-state index is 11.0. The van der Waals surface area contributed by atoms with Crippen LogP contribution in [0.2, 0.25) is 0 Å². The van der Waals surface area contributed by atoms with Gasteiger partial charge in [-0.05, 0) is 18.2 Å². The Morgan fingerprint density at radius 3 is 3.00 bits per heavy atom. The Hall–Kier alpha value is -0.660. The summed E-state index contributed by atoms with van der Waals surface area (Å²) in [6.45, 7) is 3.04. The molecule has 13 heavy (non-hydrogen) atoms. The molecule has 0 radical (unpaired) electrons. The summed E-state index contributed by atoms with van der Waals surface area (Å²) < 4.78 is 0. The van der Waals surface area contributed by atoms with Crippen molar-refractivity contribution in [2.24, 2.45) is 11.7 Å². The molecular formula is C9H16N2OS. The van der Waals surface area contributed by atoms with Crippen LogP contribution in [0.4, 0.5) is 0 Å². The van der Waals surface area contributed by atoms with E-state index in [4.69, 9.17) is 12.2 Å². The van der Waals surface area contributed by atoms with Gasteiger partial charge in [0.15, 0.2) is 0 Å². The summed E-state index contributed by atoms with van der Waals surface area (Å²) in [7, 11) is 0. The number of carbonyl (C=O) groups excluding carboxylic acids is 1. The summed E-state index contributed by atoms with van der Waals surface area (Å²) in [4.78, 5) is 11.0. The molecule has 0 saturated carbocycles. The third-order valence-corrected chi connectivity index (χ3v) is 2.70. The highest BCUT2D eigenvalue weighted by Gasteiger charge is 2.02. The first-order valence-corrected chi connectivity index (χ1v) is 5.34. The molecule has 0 spiro atoms. The molecule has 4 heteroatoms. The van der Waals surface area contributed by atoms with Crippen LogP contribution in [-0.2, 0) is 4.79 Å². The van der Waals surface area contributed by atoms with Gasteiger partial charge >= 0.3 is 0 Å². The Labute approximate surface area is 83.8 Å². The maximum atomic E-state index is 11.0. The van der Waals surface area contributed by atoms with E-state index in [2.05, 4.69) is 18.2 Å². The topological polar surface area (TPSA) is 55.1 Å². The average molecular weight is 200 g/mol. The standard InChI is InChI=1S/C9H16N2OS/c1-3-4-11-9(12)7-13-6-8(2)5-10/h1,8H,4-7,10H2,2H3,(H,11,12). The van der Waals surface area contributed by atoms with Crippen molar-refractivity contribution in [3.8, 4) is 12.3 Å². The van der Waals surface area contributed by atoms with Crippen LogP contribution in [0.1, 0.15) is 6.92 Å². The molecule has 0 aromatic heterocycles. The minimum Gasteiger partial charge on any atom is -0.344 e. The monoisotopic (exact) mass is 200 g/mol. The number of terminal acetylenes is 1. The van der Waals surface area contributed by atoms with Crippen molar-refractivity contribution in [1.29, 1.82) is 0 Å². The Balaban J connectivity index is 3.32. The van der Waals surface area contributed by atoms with Gasteiger partial charge in [-0.2, -0.15) is 11.8 Å². The van der Waals surface area contributed by atoms with Gasteiger partial charge in [-0.3, -0.25) is 4.79 Å². The normalized spacial score (nSPS) is 11.8. The number of nitrogens with two attached hydrogens (primary N) is 1. The smallest absolute Gasteiger partial charge is 0.230 e. The van der Waals surface area contributed by atoms with Gasteiger partial charge < -0.3 is 11.1 Å². The minimum atomic E-state index is -0.00725. The second kappa shape index (κ2) is 7.96. The highest BCUT2D eigenvalue weighted by molar-refractivity contribution is 7.99. The molecule has 0 heterocycles. The predicted molar refractivity (Wildman–Crippen MR) is 57.4 cm³/mol. The van der Waals surface area contributed by atoms with E-state index in [1.807, 2.05) is 0 Å². The number of hydrogen-bond donors (Lipinski definition) is 2. The average Bonchev–Trinajstić information content (AvgIpc) is 2.14. The van der Waals surface area contributed by atoms with Crippen LogP contribution in [-0.4, -0.2) is 30.5 Å². The second-order valence-corrected chi connectivity index (χ2v) is 3.87. The van der Waals surface area contributed by atoms with Gasteiger partial charge in [-0.15, -0.1) is 6.42 Å². The number of thioether (sulfide) groups is 1. The number of rotatable bonds is 6. The molecule has 0 aliphatic carbocycles. The van der Waals surface area contributed by atoms with Gasteiger partial charge in [0.05, 0.1) is 12.3 Å². The van der Waals surface area contributed by atoms with E-state index in [9.17, 15) is 4.79 Å². The van der Waals surface area contributed by atoms with Gasteiger partial charge in [0.1, 0.15) is 0 Å². The maximum Gasteiger partial charge on any atom is 0.230 e. The quantitative estimate of drug-likeness (QED) is 0.596. The summed E-state index contributed by atoms with van der Waals surface area (Å²) in [5.74, 6) is 4.18. The first-order chi connectivity index (χ1) is 6.20. The molecule has 0 aromatic rings. The van der Waals surface area contributed by atoms with Crippen molar-refractivity contribution in [2.75, 3.05) is 24.6 Å². The zero-order valence-corrected chi connectivity index (χ0v) is 8.69. The molecule has 0 aliphatic rings. The first kappa shape index (κ1) is 12.3. The van der Waals surface area contributed by atoms with E-state index in [1.54, 1.807) is 11.8 Å². The first-order valence-electron chi connectivity index (χ1n) is 4.18. The third kappa shape index (κ3) is 7.69. The Morgan fingerprint density at radius 2 is 2.46 bits per heavy atom. The van der Waals surface area contributed by atoms with Gasteiger partial charge in [0.25, 0.3) is 0 Å². The summed E-state index contributed by atoms with van der Waals surface area (Å²) in [5, 5.41) is 2.60. The molecule has 1 atom stereocenters. The van der Waals surface area contributed by atoms with Crippen molar-refractivity contribution < 1.29 is 4.79 Å². The molecule has 74 valence electrons. The SMILES string of the molecule is C#CCNC(=O)CSCC(C)CN. The van der Waals surface area contributed by atoms with E-state index < -0.39 is 0 Å². The van der Waals surface area contributed by atoms with Crippen LogP contribution in [0, 0.1) is 18.3 Å². The Bertz CT molecular complexity index is 189. The molecule has 0 fully saturated rings. The van der Waals surface area contributed by atoms with Gasteiger partial charge in [0, 0.05) is 0 Å². The van der Waals surface area contributed by atoms with Gasteiger partial charge in [-0.25, -0.2) is 0 Å². The van der Waals surface area contributed by atoms with Gasteiger partial charge in [0.2, 0.25) is 5.91 Å². The fraction of sp³-hybridized carbons (Fsp3) is 0.667. The molecule has 1 unspecified atom stereocenters. The summed E-state index contributed by atoms with van der Waals surface area (Å²) >= 11 is 1.58. The lowest BCUT2D eigenvalue weighted by Gasteiger charge is -2.06. The van der Waals surface area contributed by atoms with Crippen LogP contribution in [0.3, 0.4) is 0 Å². The molecule has 3 nitrogen and oxygen atoms in total. The number of hydrogen-bond acceptors (Lipinski definition) is 3. The molecule has 0 saturated heterocycles. The minimum absolute atomic E-state index is 0.00725. The second-order valence-electron chi connectivity index (χ2n) is 2.84. The number of carbonyl (C=O) groups is 1. The number of nitrogens with one attached hydrogen (secondary N) is 1. The molecule has 3 N–H and O–H groups in total. The van der Waals surface area contributed by atoms with Crippen molar-refractivity contribution in [2.45, 2.75) is 6.92 Å². The highest BCUT2D eigenvalue weighted by Crippen LogP contribution is 2.05. The summed E-state index contributed by atoms with van der Waals surface area (Å²) in [6.07, 6.45) is 4.99. The van der Waals surface area contributed by atoms with Crippen LogP contribution in [0.25, 0.3) is 0 Å². The van der Waals surface area contributed by atoms with Crippen LogP contribution in [0.15, 0.2) is 0 Å². The van der Waals surface area contributed by atoms with E-state index in [-0.39, 0.29) is 5.91 Å². The highest BCUT2D eigenvalue weighted by atomic mass is 32.2. The van der Waals surface area contributed by atoms with E-state index in [1.165, 1.54) is 0 Å². The molecular weight excluding hydrogens is 184 g/mol.